The number of carbonyl (C=O) groups excluding carboxylic acids is 1. The topological polar surface area (TPSA) is 35.5 Å². The van der Waals surface area contributed by atoms with Gasteiger partial charge in [-0.15, -0.1) is 0 Å². The molecule has 0 heterocycles. The lowest BCUT2D eigenvalue weighted by atomic mass is 10.4. The number of halogens is 2. The predicted octanol–water partition coefficient (Wildman–Crippen LogP) is 1.22. The molecule has 0 amide bonds. The molecule has 0 bridgehead atoms. The van der Waals surface area contributed by atoms with Crippen LogP contribution in [0.5, 0.6) is 0 Å². The smallest absolute Gasteiger partial charge is 0.311 e. The van der Waals surface area contributed by atoms with Crippen LogP contribution < -0.4 is 0 Å². The van der Waals surface area contributed by atoms with Gasteiger partial charge >= 0.3 is 5.97 Å². The van der Waals surface area contributed by atoms with Gasteiger partial charge < -0.3 is 9.47 Å². The van der Waals surface area contributed by atoms with Crippen LogP contribution >= 0.6 is 0 Å². The molecule has 0 aliphatic rings. The number of hydrogen-bond donors (Lipinski definition) is 0. The van der Waals surface area contributed by atoms with E-state index in [9.17, 15) is 13.6 Å². The van der Waals surface area contributed by atoms with Gasteiger partial charge in [-0.1, -0.05) is 0 Å². The minimum atomic E-state index is -2.65. The van der Waals surface area contributed by atoms with Gasteiger partial charge in [0.2, 0.25) is 6.43 Å². The van der Waals surface area contributed by atoms with Crippen molar-refractivity contribution in [2.45, 2.75) is 25.9 Å². The molecule has 0 saturated carbocycles. The molecule has 0 aromatic rings. The first-order valence-corrected chi connectivity index (χ1v) is 3.52. The van der Waals surface area contributed by atoms with Crippen molar-refractivity contribution in [2.24, 2.45) is 0 Å². The van der Waals surface area contributed by atoms with Crippen LogP contribution in [0.1, 0.15) is 13.3 Å². The maximum absolute atomic E-state index is 11.6. The Morgan fingerprint density at radius 1 is 1.50 bits per heavy atom. The second kappa shape index (κ2) is 5.88. The standard InChI is InChI=1S/C7H12F2O3/c1-5(4-11-2)12-7(10)3-6(8)9/h5-6H,3-4H2,1-2H3. The second-order valence-corrected chi connectivity index (χ2v) is 2.35. The molecule has 1 atom stereocenters. The average molecular weight is 182 g/mol. The van der Waals surface area contributed by atoms with Crippen molar-refractivity contribution < 1.29 is 23.0 Å². The zero-order chi connectivity index (χ0) is 9.56. The Labute approximate surface area is 69.6 Å². The number of ether oxygens (including phenoxy) is 2. The zero-order valence-electron chi connectivity index (χ0n) is 7.05. The molecule has 12 heavy (non-hydrogen) atoms. The first-order valence-electron chi connectivity index (χ1n) is 3.52. The zero-order valence-corrected chi connectivity index (χ0v) is 7.05. The lowest BCUT2D eigenvalue weighted by Crippen LogP contribution is -2.20. The molecule has 0 fully saturated rings. The van der Waals surface area contributed by atoms with Gasteiger partial charge in [0.1, 0.15) is 12.5 Å². The Bertz CT molecular complexity index is 139. The Kier molecular flexibility index (Phi) is 5.53. The van der Waals surface area contributed by atoms with Crippen LogP contribution in [0.3, 0.4) is 0 Å². The summed E-state index contributed by atoms with van der Waals surface area (Å²) in [5, 5.41) is 0. The fourth-order valence-corrected chi connectivity index (χ4v) is 0.667. The van der Waals surface area contributed by atoms with Crippen LogP contribution in [0.4, 0.5) is 8.78 Å². The number of esters is 1. The van der Waals surface area contributed by atoms with E-state index in [1.807, 2.05) is 0 Å². The van der Waals surface area contributed by atoms with E-state index in [4.69, 9.17) is 0 Å². The summed E-state index contributed by atoms with van der Waals surface area (Å²) in [4.78, 5) is 10.6. The molecule has 72 valence electrons. The molecule has 0 spiro atoms. The molecule has 0 saturated heterocycles. The Morgan fingerprint density at radius 3 is 2.50 bits per heavy atom. The van der Waals surface area contributed by atoms with Gasteiger partial charge in [-0.05, 0) is 6.92 Å². The summed E-state index contributed by atoms with van der Waals surface area (Å²) in [6, 6.07) is 0. The molecule has 0 aliphatic heterocycles. The van der Waals surface area contributed by atoms with E-state index in [1.165, 1.54) is 7.11 Å². The van der Waals surface area contributed by atoms with Gasteiger partial charge in [-0.25, -0.2) is 8.78 Å². The van der Waals surface area contributed by atoms with E-state index in [2.05, 4.69) is 9.47 Å². The number of hydrogen-bond acceptors (Lipinski definition) is 3. The number of carbonyl (C=O) groups is 1. The third kappa shape index (κ3) is 6.03. The number of rotatable bonds is 5. The van der Waals surface area contributed by atoms with E-state index in [0.717, 1.165) is 0 Å². The number of alkyl halides is 2. The molecule has 0 aromatic heterocycles. The summed E-state index contributed by atoms with van der Waals surface area (Å²) >= 11 is 0. The third-order valence-corrected chi connectivity index (χ3v) is 1.05. The molecule has 0 rings (SSSR count). The summed E-state index contributed by atoms with van der Waals surface area (Å²) in [6.07, 6.45) is -3.97. The van der Waals surface area contributed by atoms with E-state index in [1.54, 1.807) is 6.92 Å². The van der Waals surface area contributed by atoms with Crippen molar-refractivity contribution in [3.05, 3.63) is 0 Å². The van der Waals surface area contributed by atoms with Gasteiger partial charge in [0, 0.05) is 7.11 Å². The van der Waals surface area contributed by atoms with Gasteiger partial charge in [0.05, 0.1) is 6.61 Å². The highest BCUT2D eigenvalue weighted by Gasteiger charge is 2.14. The highest BCUT2D eigenvalue weighted by molar-refractivity contribution is 5.69. The maximum Gasteiger partial charge on any atom is 0.311 e. The normalized spacial score (nSPS) is 13.1. The van der Waals surface area contributed by atoms with Gasteiger partial charge in [0.15, 0.2) is 0 Å². The van der Waals surface area contributed by atoms with Gasteiger partial charge in [-0.2, -0.15) is 0 Å². The van der Waals surface area contributed by atoms with Crippen LogP contribution in [0.15, 0.2) is 0 Å². The molecule has 0 aliphatic carbocycles. The summed E-state index contributed by atoms with van der Waals surface area (Å²) in [5.41, 5.74) is 0. The molecular weight excluding hydrogens is 170 g/mol. The third-order valence-electron chi connectivity index (χ3n) is 1.05. The minimum Gasteiger partial charge on any atom is -0.460 e. The summed E-state index contributed by atoms with van der Waals surface area (Å²) < 4.78 is 32.4. The molecule has 0 aromatic carbocycles. The van der Waals surface area contributed by atoms with Crippen LogP contribution in [-0.4, -0.2) is 32.2 Å². The first kappa shape index (κ1) is 11.3. The quantitative estimate of drug-likeness (QED) is 0.599. The van der Waals surface area contributed by atoms with E-state index < -0.39 is 24.9 Å². The number of methoxy groups -OCH3 is 1. The lowest BCUT2D eigenvalue weighted by molar-refractivity contribution is -0.153. The van der Waals surface area contributed by atoms with Crippen molar-refractivity contribution in [1.82, 2.24) is 0 Å². The fraction of sp³-hybridized carbons (Fsp3) is 0.857. The highest BCUT2D eigenvalue weighted by Crippen LogP contribution is 2.02. The Hall–Kier alpha value is -0.710. The molecule has 5 heteroatoms. The molecule has 0 radical (unpaired) electrons. The van der Waals surface area contributed by atoms with Crippen molar-refractivity contribution in [3.63, 3.8) is 0 Å². The summed E-state index contributed by atoms with van der Waals surface area (Å²) in [7, 11) is 1.44. The Balaban J connectivity index is 3.54. The van der Waals surface area contributed by atoms with Crippen LogP contribution in [0.25, 0.3) is 0 Å². The fourth-order valence-electron chi connectivity index (χ4n) is 0.667. The minimum absolute atomic E-state index is 0.217. The summed E-state index contributed by atoms with van der Waals surface area (Å²) in [6.45, 7) is 1.79. The van der Waals surface area contributed by atoms with Crippen molar-refractivity contribution >= 4 is 5.97 Å². The monoisotopic (exact) mass is 182 g/mol. The molecule has 1 unspecified atom stereocenters. The van der Waals surface area contributed by atoms with Crippen molar-refractivity contribution in [3.8, 4) is 0 Å². The lowest BCUT2D eigenvalue weighted by Gasteiger charge is -2.11. The van der Waals surface area contributed by atoms with Crippen LogP contribution in [0.2, 0.25) is 0 Å². The van der Waals surface area contributed by atoms with Crippen LogP contribution in [0, 0.1) is 0 Å². The van der Waals surface area contributed by atoms with Gasteiger partial charge in [0.25, 0.3) is 0 Å². The van der Waals surface area contributed by atoms with E-state index >= 15 is 0 Å². The summed E-state index contributed by atoms with van der Waals surface area (Å²) in [5.74, 6) is -0.894. The first-order chi connectivity index (χ1) is 5.56. The molecular formula is C7H12F2O3. The average Bonchev–Trinajstić information content (AvgIpc) is 1.84. The second-order valence-electron chi connectivity index (χ2n) is 2.35. The molecule has 3 nitrogen and oxygen atoms in total. The highest BCUT2D eigenvalue weighted by atomic mass is 19.3. The van der Waals surface area contributed by atoms with E-state index in [0.29, 0.717) is 0 Å². The SMILES string of the molecule is COCC(C)OC(=O)CC(F)F. The van der Waals surface area contributed by atoms with E-state index in [-0.39, 0.29) is 6.61 Å². The predicted molar refractivity (Wildman–Crippen MR) is 38.1 cm³/mol. The van der Waals surface area contributed by atoms with Gasteiger partial charge in [-0.3, -0.25) is 4.79 Å². The van der Waals surface area contributed by atoms with Crippen molar-refractivity contribution in [2.75, 3.05) is 13.7 Å². The van der Waals surface area contributed by atoms with Crippen LogP contribution in [-0.2, 0) is 14.3 Å². The Morgan fingerprint density at radius 2 is 2.08 bits per heavy atom. The molecule has 0 N–H and O–H groups in total. The van der Waals surface area contributed by atoms with Crippen molar-refractivity contribution in [1.29, 1.82) is 0 Å². The maximum atomic E-state index is 11.6. The largest absolute Gasteiger partial charge is 0.460 e.